The smallest absolute Gasteiger partial charge is 0.343 e. The van der Waals surface area contributed by atoms with Crippen molar-refractivity contribution >= 4 is 27.8 Å². The maximum Gasteiger partial charge on any atom is 0.396 e. The van der Waals surface area contributed by atoms with E-state index in [2.05, 4.69) is 17.2 Å². The van der Waals surface area contributed by atoms with Crippen LogP contribution in [0.3, 0.4) is 0 Å². The summed E-state index contributed by atoms with van der Waals surface area (Å²) in [7, 11) is -3.25. The molecule has 0 bridgehead atoms. The molecule has 0 radical (unpaired) electrons. The predicted octanol–water partition coefficient (Wildman–Crippen LogP) is 6.37. The number of alkyl halides is 3. The zero-order chi connectivity index (χ0) is 29.7. The highest BCUT2D eigenvalue weighted by atomic mass is 32.2. The standard InChI is InChI=1S/C30H35F4N3O3S/c1-3-4-20(27(38)19-10-13-41(39,40)14-11-19)26(30(32,33)34)18-7-5-17(6-8-18)25-21-16-36-24(15-23(31)35)37-28(21)29(2)12-9-22(25)29/h5-8,15-16,19-20,22,25-26,35,37H,3-4,9-14H2,1-2H3/b24-15-,35-23?/t20?,22?,25?,26-,29?/m1/s1. The second kappa shape index (κ2) is 10.8. The van der Waals surface area contributed by atoms with E-state index in [1.807, 2.05) is 0 Å². The van der Waals surface area contributed by atoms with Crippen molar-refractivity contribution in [2.24, 2.45) is 28.2 Å². The highest BCUT2D eigenvalue weighted by molar-refractivity contribution is 7.91. The molecule has 2 heterocycles. The zero-order valence-electron chi connectivity index (χ0n) is 23.1. The van der Waals surface area contributed by atoms with Gasteiger partial charge in [-0.2, -0.15) is 17.6 Å². The number of hydrogen-bond donors (Lipinski definition) is 2. The van der Waals surface area contributed by atoms with Crippen LogP contribution in [0.5, 0.6) is 0 Å². The van der Waals surface area contributed by atoms with Gasteiger partial charge in [-0.25, -0.2) is 13.4 Å². The Bertz CT molecular complexity index is 1420. The summed E-state index contributed by atoms with van der Waals surface area (Å²) in [5.74, 6) is -5.51. The number of nitrogens with one attached hydrogen (secondary N) is 2. The Hall–Kier alpha value is -2.82. The molecule has 2 N–H and O–H groups in total. The Morgan fingerprint density at radius 3 is 2.39 bits per heavy atom. The summed E-state index contributed by atoms with van der Waals surface area (Å²) in [4.78, 5) is 17.7. The van der Waals surface area contributed by atoms with E-state index in [9.17, 15) is 30.8 Å². The number of benzene rings is 1. The van der Waals surface area contributed by atoms with Crippen LogP contribution >= 0.6 is 0 Å². The molecule has 2 aliphatic carbocycles. The van der Waals surface area contributed by atoms with Gasteiger partial charge in [-0.3, -0.25) is 10.2 Å². The number of rotatable bonds is 8. The molecule has 5 atom stereocenters. The minimum Gasteiger partial charge on any atom is -0.343 e. The van der Waals surface area contributed by atoms with Crippen LogP contribution in [0, 0.1) is 28.6 Å². The molecule has 0 aromatic heterocycles. The van der Waals surface area contributed by atoms with E-state index in [4.69, 9.17) is 5.41 Å². The van der Waals surface area contributed by atoms with Gasteiger partial charge in [0.05, 0.1) is 17.4 Å². The van der Waals surface area contributed by atoms with E-state index in [-0.39, 0.29) is 59.4 Å². The summed E-state index contributed by atoms with van der Waals surface area (Å²) in [6.45, 7) is 3.87. The molecule has 1 saturated carbocycles. The summed E-state index contributed by atoms with van der Waals surface area (Å²) in [5, 5.41) is 10.3. The second-order valence-electron chi connectivity index (χ2n) is 12.0. The molecule has 5 rings (SSSR count). The van der Waals surface area contributed by atoms with Gasteiger partial charge in [0.25, 0.3) is 0 Å². The number of aliphatic imine (C=N–C) groups is 1. The van der Waals surface area contributed by atoms with E-state index in [1.165, 1.54) is 12.1 Å². The number of nitrogens with zero attached hydrogens (tertiary/aromatic N) is 1. The van der Waals surface area contributed by atoms with Gasteiger partial charge in [0.2, 0.25) is 5.97 Å². The zero-order valence-corrected chi connectivity index (χ0v) is 23.9. The van der Waals surface area contributed by atoms with Crippen molar-refractivity contribution in [1.82, 2.24) is 5.32 Å². The van der Waals surface area contributed by atoms with E-state index >= 15 is 0 Å². The molecule has 0 spiro atoms. The van der Waals surface area contributed by atoms with Crippen molar-refractivity contribution in [3.8, 4) is 0 Å². The third kappa shape index (κ3) is 5.53. The highest BCUT2D eigenvalue weighted by Crippen LogP contribution is 2.65. The van der Waals surface area contributed by atoms with Gasteiger partial charge in [0.1, 0.15) is 21.4 Å². The Morgan fingerprint density at radius 1 is 1.20 bits per heavy atom. The van der Waals surface area contributed by atoms with Gasteiger partial charge in [-0.1, -0.05) is 44.5 Å². The minimum absolute atomic E-state index is 0.0298. The molecule has 2 aliphatic heterocycles. The average molecular weight is 594 g/mol. The summed E-state index contributed by atoms with van der Waals surface area (Å²) in [6, 6.07) is 6.38. The number of fused-ring (bicyclic) bond motifs is 2. The molecule has 0 amide bonds. The van der Waals surface area contributed by atoms with Gasteiger partial charge in [-0.15, -0.1) is 0 Å². The Balaban J connectivity index is 1.44. The van der Waals surface area contributed by atoms with Crippen molar-refractivity contribution in [3.05, 3.63) is 58.6 Å². The molecule has 2 fully saturated rings. The molecule has 222 valence electrons. The quantitative estimate of drug-likeness (QED) is 0.270. The van der Waals surface area contributed by atoms with E-state index in [0.717, 1.165) is 35.8 Å². The number of carbonyl (C=O) groups is 1. The lowest BCUT2D eigenvalue weighted by Gasteiger charge is -2.46. The summed E-state index contributed by atoms with van der Waals surface area (Å²) in [6.07, 6.45) is 0.479. The van der Waals surface area contributed by atoms with Crippen LogP contribution in [-0.4, -0.2) is 44.1 Å². The van der Waals surface area contributed by atoms with E-state index in [0.29, 0.717) is 6.42 Å². The topological polar surface area (TPSA) is 99.5 Å². The number of allylic oxidation sites excluding steroid dienone is 3. The van der Waals surface area contributed by atoms with Crippen LogP contribution < -0.4 is 5.32 Å². The second-order valence-corrected chi connectivity index (χ2v) is 14.3. The number of hydrogen-bond acceptors (Lipinski definition) is 6. The predicted molar refractivity (Wildman–Crippen MR) is 149 cm³/mol. The van der Waals surface area contributed by atoms with Crippen molar-refractivity contribution in [2.75, 3.05) is 11.5 Å². The maximum atomic E-state index is 14.6. The molecular weight excluding hydrogens is 558 g/mol. The summed E-state index contributed by atoms with van der Waals surface area (Å²) < 4.78 is 80.8. The molecular formula is C30H35F4N3O3S. The fourth-order valence-corrected chi connectivity index (χ4v) is 8.87. The van der Waals surface area contributed by atoms with Gasteiger partial charge in [0, 0.05) is 41.2 Å². The number of carbonyl (C=O) groups excluding carboxylic acids is 1. The molecule has 41 heavy (non-hydrogen) atoms. The highest BCUT2D eigenvalue weighted by Gasteiger charge is 2.57. The largest absolute Gasteiger partial charge is 0.396 e. The Kier molecular flexibility index (Phi) is 7.80. The number of halogens is 4. The van der Waals surface area contributed by atoms with Gasteiger partial charge in [-0.05, 0) is 54.7 Å². The number of sulfone groups is 1. The van der Waals surface area contributed by atoms with Crippen molar-refractivity contribution in [1.29, 1.82) is 5.41 Å². The van der Waals surface area contributed by atoms with Gasteiger partial charge < -0.3 is 5.32 Å². The van der Waals surface area contributed by atoms with E-state index in [1.54, 1.807) is 25.3 Å². The first-order chi connectivity index (χ1) is 19.2. The van der Waals surface area contributed by atoms with Crippen LogP contribution in [0.4, 0.5) is 17.6 Å². The van der Waals surface area contributed by atoms with Gasteiger partial charge in [0.15, 0.2) is 0 Å². The van der Waals surface area contributed by atoms with Crippen molar-refractivity contribution < 1.29 is 30.8 Å². The molecule has 11 heteroatoms. The summed E-state index contributed by atoms with van der Waals surface area (Å²) in [5.41, 5.74) is 2.52. The van der Waals surface area contributed by atoms with Crippen molar-refractivity contribution in [2.45, 2.75) is 70.4 Å². The minimum atomic E-state index is -4.65. The van der Waals surface area contributed by atoms with Crippen LogP contribution in [-0.2, 0) is 14.6 Å². The fourth-order valence-electron chi connectivity index (χ4n) is 7.38. The lowest BCUT2D eigenvalue weighted by Crippen LogP contribution is -2.41. The first kappa shape index (κ1) is 29.7. The Labute approximate surface area is 237 Å². The summed E-state index contributed by atoms with van der Waals surface area (Å²) >= 11 is 0. The lowest BCUT2D eigenvalue weighted by molar-refractivity contribution is -0.169. The maximum absolute atomic E-state index is 14.6. The SMILES string of the molecule is CCCC(C(=O)C1CCS(=O)(=O)CC1)[C@@H](c1ccc(C2C3=C(N/C(=C\C(=N)F)N=C3)C3(C)CCC23)cc1)C(F)(F)F. The first-order valence-electron chi connectivity index (χ1n) is 14.2. The molecule has 1 aromatic rings. The van der Waals surface area contributed by atoms with Crippen LogP contribution in [0.25, 0.3) is 0 Å². The van der Waals surface area contributed by atoms with Crippen LogP contribution in [0.15, 0.2) is 52.4 Å². The van der Waals surface area contributed by atoms with Gasteiger partial charge >= 0.3 is 6.18 Å². The first-order valence-corrected chi connectivity index (χ1v) is 16.0. The van der Waals surface area contributed by atoms with Crippen molar-refractivity contribution in [3.63, 3.8) is 0 Å². The third-order valence-electron chi connectivity index (χ3n) is 9.58. The normalized spacial score (nSPS) is 29.8. The van der Waals surface area contributed by atoms with Crippen LogP contribution in [0.1, 0.15) is 75.3 Å². The van der Waals surface area contributed by atoms with E-state index < -0.39 is 45.5 Å². The van der Waals surface area contributed by atoms with Crippen LogP contribution in [0.2, 0.25) is 0 Å². The molecule has 1 aromatic carbocycles. The average Bonchev–Trinajstić information content (AvgIpc) is 3.05. The Morgan fingerprint density at radius 2 is 1.85 bits per heavy atom. The fraction of sp³-hybridized carbons (Fsp3) is 0.567. The molecule has 4 unspecified atom stereocenters. The monoisotopic (exact) mass is 593 g/mol. The lowest BCUT2D eigenvalue weighted by atomic mass is 9.59. The number of ketones is 1. The third-order valence-corrected chi connectivity index (χ3v) is 11.3. The molecule has 6 nitrogen and oxygen atoms in total. The molecule has 4 aliphatic rings. The molecule has 1 saturated heterocycles. The number of Topliss-reactive ketones (excluding diaryl/α,β-unsaturated/α-hetero) is 1.